The summed E-state index contributed by atoms with van der Waals surface area (Å²) in [7, 11) is 0. The molecule has 1 fully saturated rings. The van der Waals surface area contributed by atoms with E-state index in [4.69, 9.17) is 28.7 Å². The quantitative estimate of drug-likeness (QED) is 0.628. The minimum Gasteiger partial charge on any atom is -0.462 e. The van der Waals surface area contributed by atoms with E-state index in [1.54, 1.807) is 12.2 Å². The molecule has 5 heteroatoms. The molecule has 8 atom stereocenters. The molecule has 0 bridgehead atoms. The fourth-order valence-corrected chi connectivity index (χ4v) is 4.50. The van der Waals surface area contributed by atoms with Crippen molar-refractivity contribution in [2.75, 3.05) is 0 Å². The molecule has 1 saturated heterocycles. The Morgan fingerprint density at radius 1 is 1.52 bits per heavy atom. The third kappa shape index (κ3) is 5.30. The van der Waals surface area contributed by atoms with E-state index in [2.05, 4.69) is 5.11 Å². The third-order valence-electron chi connectivity index (χ3n) is 5.89. The highest BCUT2D eigenvalue weighted by Gasteiger charge is 2.42. The third-order valence-corrected chi connectivity index (χ3v) is 5.89. The van der Waals surface area contributed by atoms with E-state index in [1.165, 1.54) is 0 Å². The van der Waals surface area contributed by atoms with Gasteiger partial charge in [0.15, 0.2) is 0 Å². The van der Waals surface area contributed by atoms with Gasteiger partial charge in [-0.2, -0.15) is 0 Å². The maximum atomic E-state index is 13.4. The van der Waals surface area contributed by atoms with Crippen LogP contribution in [0.25, 0.3) is 0 Å². The molecule has 0 aromatic carbocycles. The van der Waals surface area contributed by atoms with Crippen molar-refractivity contribution in [3.05, 3.63) is 23.8 Å². The topological polar surface area (TPSA) is 72.8 Å². The lowest BCUT2D eigenvalue weighted by Crippen LogP contribution is -2.42. The number of aliphatic hydroxyl groups is 1. The van der Waals surface area contributed by atoms with Crippen molar-refractivity contribution in [3.63, 3.8) is 0 Å². The van der Waals surface area contributed by atoms with E-state index in [-0.39, 0.29) is 31.1 Å². The van der Waals surface area contributed by atoms with E-state index < -0.39 is 81.3 Å². The van der Waals surface area contributed by atoms with Crippen molar-refractivity contribution in [1.82, 2.24) is 0 Å². The summed E-state index contributed by atoms with van der Waals surface area (Å²) in [6, 6.07) is 0. The maximum absolute atomic E-state index is 13.4. The largest absolute Gasteiger partial charge is 0.462 e. The minimum atomic E-state index is -3.49. The van der Waals surface area contributed by atoms with Crippen LogP contribution >= 0.6 is 0 Å². The first-order chi connectivity index (χ1) is 19.4. The average Bonchev–Trinajstić information content (AvgIpc) is 2.83. The normalized spacial score (nSPS) is 48.5. The molecule has 29 heavy (non-hydrogen) atoms. The molecule has 3 rings (SSSR count). The zero-order chi connectivity index (χ0) is 32.9. The van der Waals surface area contributed by atoms with Gasteiger partial charge in [0, 0.05) is 30.2 Å². The monoisotopic (exact) mass is 418 g/mol. The Bertz CT molecular complexity index is 1110. The zero-order valence-corrected chi connectivity index (χ0v) is 16.2. The Morgan fingerprint density at radius 2 is 2.41 bits per heavy atom. The number of fused-ring (bicyclic) bond motifs is 1. The summed E-state index contributed by atoms with van der Waals surface area (Å²) in [5.41, 5.74) is 0.502. The summed E-state index contributed by atoms with van der Waals surface area (Å²) >= 11 is 0. The van der Waals surface area contributed by atoms with Crippen molar-refractivity contribution < 1.29 is 42.0 Å². The number of allylic oxidation sites excluding steroid dienone is 3. The van der Waals surface area contributed by atoms with Gasteiger partial charge in [-0.1, -0.05) is 45.7 Å². The van der Waals surface area contributed by atoms with Crippen LogP contribution in [0.2, 0.25) is 0 Å². The number of ether oxygens (including phenoxy) is 2. The van der Waals surface area contributed by atoms with Crippen LogP contribution in [0.15, 0.2) is 23.8 Å². The Labute approximate surface area is 194 Å². The number of hydrogen-bond donors (Lipinski definition) is 1. The predicted molar refractivity (Wildman–Crippen MR) is 111 cm³/mol. The fraction of sp³-hybridized carbons (Fsp3) is 0.750. The van der Waals surface area contributed by atoms with Gasteiger partial charge in [0.05, 0.1) is 18.4 Å². The fourth-order valence-electron chi connectivity index (χ4n) is 4.50. The van der Waals surface area contributed by atoms with E-state index in [1.807, 2.05) is 13.0 Å². The van der Waals surface area contributed by atoms with Crippen molar-refractivity contribution >= 4 is 11.9 Å². The van der Waals surface area contributed by atoms with Gasteiger partial charge in [-0.05, 0) is 49.0 Å². The van der Waals surface area contributed by atoms with Crippen molar-refractivity contribution in [2.45, 2.75) is 84.2 Å². The summed E-state index contributed by atoms with van der Waals surface area (Å²) in [4.78, 5) is 25.6. The van der Waals surface area contributed by atoms with Gasteiger partial charge < -0.3 is 14.6 Å². The molecule has 0 spiro atoms. The maximum Gasteiger partial charge on any atom is 0.308 e. The highest BCUT2D eigenvalue weighted by atomic mass is 16.5. The Morgan fingerprint density at radius 3 is 3.17 bits per heavy atom. The summed E-state index contributed by atoms with van der Waals surface area (Å²) in [5, 5.41) is 4.44. The summed E-state index contributed by atoms with van der Waals surface area (Å²) in [5.74, 6) is -7.83. The van der Waals surface area contributed by atoms with Crippen LogP contribution in [0.1, 0.15) is 83.7 Å². The number of hydrogen-bond acceptors (Lipinski definition) is 5. The van der Waals surface area contributed by atoms with E-state index >= 15 is 0 Å². The number of cyclic esters (lactones) is 1. The molecule has 1 aliphatic heterocycles. The van der Waals surface area contributed by atoms with Crippen LogP contribution < -0.4 is 0 Å². The van der Waals surface area contributed by atoms with Crippen LogP contribution in [0.5, 0.6) is 0 Å². The lowest BCUT2D eigenvalue weighted by Gasteiger charge is -2.43. The molecule has 1 heterocycles. The lowest BCUT2D eigenvalue weighted by atomic mass is 9.65. The van der Waals surface area contributed by atoms with Gasteiger partial charge in [-0.3, -0.25) is 9.59 Å². The van der Waals surface area contributed by atoms with Crippen LogP contribution in [0.3, 0.4) is 0 Å². The average molecular weight is 419 g/mol. The Balaban J connectivity index is 1.95. The number of esters is 2. The molecule has 2 aliphatic carbocycles. The molecule has 1 N–H and O–H groups in total. The second kappa shape index (κ2) is 9.46. The van der Waals surface area contributed by atoms with Crippen LogP contribution in [0, 0.1) is 29.6 Å². The van der Waals surface area contributed by atoms with Gasteiger partial charge in [0.25, 0.3) is 0 Å². The molecular weight excluding hydrogens is 368 g/mol. The van der Waals surface area contributed by atoms with Crippen molar-refractivity contribution in [1.29, 1.82) is 1.43 Å². The molecule has 0 amide bonds. The highest BCUT2D eigenvalue weighted by Crippen LogP contribution is 2.45. The van der Waals surface area contributed by atoms with E-state index in [9.17, 15) is 9.59 Å². The van der Waals surface area contributed by atoms with Gasteiger partial charge in [-0.15, -0.1) is 0 Å². The number of carbonyl (C=O) groups excluding carboxylic acids is 2. The van der Waals surface area contributed by atoms with Gasteiger partial charge in [0.1, 0.15) is 12.2 Å². The number of aliphatic hydroxyl groups excluding tert-OH is 1. The Kier molecular flexibility index (Phi) is 3.30. The first-order valence-corrected chi connectivity index (χ1v) is 9.86. The molecule has 0 aromatic rings. The lowest BCUT2D eigenvalue weighted by molar-refractivity contribution is -0.162. The van der Waals surface area contributed by atoms with Crippen molar-refractivity contribution in [2.24, 2.45) is 29.6 Å². The zero-order valence-electron chi connectivity index (χ0n) is 30.2. The smallest absolute Gasteiger partial charge is 0.308 e. The molecule has 162 valence electrons. The first-order valence-electron chi connectivity index (χ1n) is 16.8. The van der Waals surface area contributed by atoms with Crippen LogP contribution in [-0.4, -0.2) is 36.8 Å². The molecule has 0 saturated carbocycles. The van der Waals surface area contributed by atoms with Crippen LogP contribution in [0.4, 0.5) is 0 Å². The van der Waals surface area contributed by atoms with E-state index in [0.717, 1.165) is 0 Å². The van der Waals surface area contributed by atoms with Gasteiger partial charge in [0.2, 0.25) is 1.43 Å². The molecule has 1 unspecified atom stereocenters. The van der Waals surface area contributed by atoms with Crippen molar-refractivity contribution in [3.8, 4) is 0 Å². The Hall–Kier alpha value is -1.62. The molecular formula is C24H36O5. The SMILES string of the molecule is [2H]O[C@@H]1CC(CC[C@@H]2[C@@H]3C(=C[C@H](C([2H])([2H])[2H])C[C@@H]3OC(=O)[C@@H](C([2H])([2H])[2H])C([2H])([2H])C([2H])([2H])[2H])C=C[C@@H]2C)OC(=O)C1([2H])[2H]. The highest BCUT2D eigenvalue weighted by molar-refractivity contribution is 5.72. The first kappa shape index (κ1) is 10.1. The molecule has 0 radical (unpaired) electrons. The second-order valence-corrected chi connectivity index (χ2v) is 7.94. The predicted octanol–water partition coefficient (Wildman–Crippen LogP) is 4.20. The van der Waals surface area contributed by atoms with E-state index in [0.29, 0.717) is 12.0 Å². The van der Waals surface area contributed by atoms with Crippen LogP contribution in [-0.2, 0) is 19.1 Å². The van der Waals surface area contributed by atoms with Gasteiger partial charge >= 0.3 is 11.9 Å². The standard InChI is InChI=1S/C24H36O5/c1-5-15(3)24(27)29-21-11-14(2)10-17-7-6-16(4)20(23(17)21)9-8-19-12-18(25)13-22(26)28-19/h6-7,10,14-16,18-21,23,25H,5,8-9,11-13H2,1-4H3/t14-,15-,16-,18+,19?,20-,21-,23-/m0/s1/i1D3,2D3,3D3,5D2,13D2,25D. The minimum absolute atomic E-state index is 0.0868. The number of rotatable bonds is 7. The van der Waals surface area contributed by atoms with Gasteiger partial charge in [-0.25, -0.2) is 0 Å². The summed E-state index contributed by atoms with van der Waals surface area (Å²) < 4.78 is 119. The summed E-state index contributed by atoms with van der Waals surface area (Å²) in [6.45, 7) is -7.54. The molecule has 5 nitrogen and oxygen atoms in total. The summed E-state index contributed by atoms with van der Waals surface area (Å²) in [6.07, 6.45) is -4.20. The molecule has 3 aliphatic rings. The number of carbonyl (C=O) groups is 2. The second-order valence-electron chi connectivity index (χ2n) is 7.94. The molecule has 0 aromatic heterocycles.